The third-order valence-electron chi connectivity index (χ3n) is 9.14. The Hall–Kier alpha value is -4.90. The Labute approximate surface area is 279 Å². The van der Waals surface area contributed by atoms with Crippen LogP contribution in [0.4, 0.5) is 17.1 Å². The number of ether oxygens (including phenoxy) is 3. The zero-order valence-corrected chi connectivity index (χ0v) is 27.7. The summed E-state index contributed by atoms with van der Waals surface area (Å²) in [7, 11) is 7.22. The number of pyridine rings is 1. The van der Waals surface area contributed by atoms with Gasteiger partial charge in [0.05, 0.1) is 19.8 Å². The zero-order valence-electron chi connectivity index (χ0n) is 27.7. The van der Waals surface area contributed by atoms with Crippen LogP contribution in [0.15, 0.2) is 77.7 Å². The molecule has 0 radical (unpaired) electrons. The summed E-state index contributed by atoms with van der Waals surface area (Å²) in [6, 6.07) is 18.8. The number of anilines is 3. The Morgan fingerprint density at radius 3 is 2.52 bits per heavy atom. The van der Waals surface area contributed by atoms with E-state index in [1.165, 1.54) is 4.57 Å². The van der Waals surface area contributed by atoms with E-state index in [1.54, 1.807) is 44.6 Å². The highest BCUT2D eigenvalue weighted by atomic mass is 16.5. The SMILES string of the molecule is COCCOc1cc(Nc2cc(-c3cccc(C45C=Cc6cc(N(C)C)ccc6C(=O)C4C5)c3CO)cn(C)c2=O)ccc1OCCO. The van der Waals surface area contributed by atoms with Gasteiger partial charge in [-0.25, -0.2) is 0 Å². The minimum atomic E-state index is -0.525. The second kappa shape index (κ2) is 13.7. The molecule has 1 heterocycles. The summed E-state index contributed by atoms with van der Waals surface area (Å²) < 4.78 is 18.1. The maximum Gasteiger partial charge on any atom is 0.274 e. The number of rotatable bonds is 13. The Bertz CT molecular complexity index is 1930. The average molecular weight is 652 g/mol. The predicted molar refractivity (Wildman–Crippen MR) is 187 cm³/mol. The lowest BCUT2D eigenvalue weighted by molar-refractivity contribution is 0.0961. The van der Waals surface area contributed by atoms with Crippen molar-refractivity contribution in [2.24, 2.45) is 13.0 Å². The van der Waals surface area contributed by atoms with E-state index in [9.17, 15) is 19.8 Å². The van der Waals surface area contributed by atoms with Crippen molar-refractivity contribution in [2.75, 3.05) is 57.8 Å². The van der Waals surface area contributed by atoms with E-state index in [0.717, 1.165) is 39.1 Å². The van der Waals surface area contributed by atoms with Gasteiger partial charge in [0.2, 0.25) is 0 Å². The summed E-state index contributed by atoms with van der Waals surface area (Å²) in [6.45, 7) is 0.403. The summed E-state index contributed by atoms with van der Waals surface area (Å²) in [5, 5.41) is 23.3. The van der Waals surface area contributed by atoms with E-state index < -0.39 is 5.41 Å². The molecule has 1 aromatic heterocycles. The van der Waals surface area contributed by atoms with Crippen molar-refractivity contribution in [1.29, 1.82) is 0 Å². The zero-order chi connectivity index (χ0) is 34.0. The van der Waals surface area contributed by atoms with Crippen LogP contribution in [-0.4, -0.2) is 68.2 Å². The second-order valence-electron chi connectivity index (χ2n) is 12.4. The molecule has 2 atom stereocenters. The van der Waals surface area contributed by atoms with Crippen molar-refractivity contribution in [3.05, 3.63) is 106 Å². The van der Waals surface area contributed by atoms with Gasteiger partial charge in [-0.3, -0.25) is 9.59 Å². The maximum absolute atomic E-state index is 13.8. The van der Waals surface area contributed by atoms with Gasteiger partial charge < -0.3 is 39.2 Å². The molecule has 1 fully saturated rings. The van der Waals surface area contributed by atoms with E-state index >= 15 is 0 Å². The predicted octanol–water partition coefficient (Wildman–Crippen LogP) is 4.92. The average Bonchev–Trinajstić information content (AvgIpc) is 3.84. The minimum Gasteiger partial charge on any atom is -0.487 e. The number of aromatic nitrogens is 1. The Balaban J connectivity index is 1.35. The first kappa shape index (κ1) is 33.0. The second-order valence-corrected chi connectivity index (χ2v) is 12.4. The number of Topliss-reactive ketones (excluding diaryl/α,β-unsaturated/α-hetero) is 1. The first-order valence-corrected chi connectivity index (χ1v) is 16.0. The van der Waals surface area contributed by atoms with Crippen molar-refractivity contribution in [3.63, 3.8) is 0 Å². The molecule has 1 saturated carbocycles. The van der Waals surface area contributed by atoms with E-state index in [-0.39, 0.29) is 37.1 Å². The van der Waals surface area contributed by atoms with Gasteiger partial charge in [-0.2, -0.15) is 0 Å². The summed E-state index contributed by atoms with van der Waals surface area (Å²) in [4.78, 5) is 29.1. The number of nitrogens with zero attached hydrogens (tertiary/aromatic N) is 2. The van der Waals surface area contributed by atoms with Crippen LogP contribution in [0.1, 0.15) is 33.5 Å². The van der Waals surface area contributed by atoms with Crippen molar-refractivity contribution >= 4 is 28.9 Å². The molecule has 0 spiro atoms. The van der Waals surface area contributed by atoms with Crippen LogP contribution in [0.2, 0.25) is 0 Å². The third-order valence-corrected chi connectivity index (χ3v) is 9.14. The van der Waals surface area contributed by atoms with Crippen molar-refractivity contribution in [1.82, 2.24) is 4.57 Å². The highest BCUT2D eigenvalue weighted by Crippen LogP contribution is 2.60. The van der Waals surface area contributed by atoms with Crippen LogP contribution in [0.5, 0.6) is 11.5 Å². The number of aliphatic hydroxyl groups excluding tert-OH is 2. The van der Waals surface area contributed by atoms with Gasteiger partial charge in [0.25, 0.3) is 5.56 Å². The highest BCUT2D eigenvalue weighted by molar-refractivity contribution is 6.06. The van der Waals surface area contributed by atoms with Crippen LogP contribution in [0.25, 0.3) is 17.2 Å². The molecule has 3 N–H and O–H groups in total. The molecular formula is C38H41N3O7. The summed E-state index contributed by atoms with van der Waals surface area (Å²) in [5.74, 6) is 0.796. The fraction of sp³-hybridized carbons (Fsp3) is 0.316. The largest absolute Gasteiger partial charge is 0.487 e. The van der Waals surface area contributed by atoms with E-state index in [2.05, 4.69) is 11.4 Å². The Kier molecular flexibility index (Phi) is 9.41. The number of benzene rings is 3. The van der Waals surface area contributed by atoms with Gasteiger partial charge in [0.1, 0.15) is 18.9 Å². The quantitative estimate of drug-likeness (QED) is 0.173. The normalized spacial score (nSPS) is 17.7. The number of aryl methyl sites for hydroxylation is 1. The Morgan fingerprint density at radius 2 is 1.77 bits per heavy atom. The molecular weight excluding hydrogens is 610 g/mol. The standard InChI is InChI=1S/C38H41N3O7/c1-40(2)27-9-10-29-24(18-27)12-13-38(21-32(38)36(29)44)31-7-5-6-28(30(31)23-43)25-19-33(37(45)41(3)22-25)39-26-8-11-34(47-15-14-42)35(20-26)48-17-16-46-4/h5-13,18-20,22,32,39,42-43H,14-17,21,23H2,1-4H3. The number of hydrogen-bond acceptors (Lipinski definition) is 9. The van der Waals surface area contributed by atoms with Gasteiger partial charge in [-0.15, -0.1) is 0 Å². The highest BCUT2D eigenvalue weighted by Gasteiger charge is 2.59. The monoisotopic (exact) mass is 651 g/mol. The number of fused-ring (bicyclic) bond motifs is 2. The number of ketones is 1. The summed E-state index contributed by atoms with van der Waals surface area (Å²) in [5.41, 5.74) is 5.96. The molecule has 10 heteroatoms. The molecule has 3 aromatic carbocycles. The lowest BCUT2D eigenvalue weighted by Gasteiger charge is -2.20. The number of nitrogens with one attached hydrogen (secondary N) is 1. The maximum atomic E-state index is 13.8. The van der Waals surface area contributed by atoms with Crippen LogP contribution >= 0.6 is 0 Å². The molecule has 0 saturated heterocycles. The van der Waals surface area contributed by atoms with Crippen molar-refractivity contribution in [3.8, 4) is 22.6 Å². The van der Waals surface area contributed by atoms with Crippen LogP contribution in [0.3, 0.4) is 0 Å². The molecule has 250 valence electrons. The van der Waals surface area contributed by atoms with Gasteiger partial charge in [-0.05, 0) is 65.1 Å². The lowest BCUT2D eigenvalue weighted by atomic mass is 9.85. The molecule has 2 aliphatic rings. The van der Waals surface area contributed by atoms with Gasteiger partial charge in [-0.1, -0.05) is 30.4 Å². The fourth-order valence-corrected chi connectivity index (χ4v) is 6.57. The van der Waals surface area contributed by atoms with Gasteiger partial charge in [0.15, 0.2) is 17.3 Å². The molecule has 0 aliphatic heterocycles. The molecule has 6 rings (SSSR count). The Morgan fingerprint density at radius 1 is 0.958 bits per heavy atom. The smallest absolute Gasteiger partial charge is 0.274 e. The molecule has 2 aliphatic carbocycles. The molecule has 2 unspecified atom stereocenters. The number of methoxy groups -OCH3 is 1. The molecule has 0 bridgehead atoms. The van der Waals surface area contributed by atoms with Gasteiger partial charge in [0, 0.05) is 74.4 Å². The van der Waals surface area contributed by atoms with Crippen molar-refractivity contribution < 1.29 is 29.2 Å². The number of carbonyl (C=O) groups is 1. The summed E-state index contributed by atoms with van der Waals surface area (Å²) in [6.07, 6.45) is 6.60. The van der Waals surface area contributed by atoms with Gasteiger partial charge >= 0.3 is 0 Å². The minimum absolute atomic E-state index is 0.110. The number of carbonyl (C=O) groups excluding carboxylic acids is 1. The third kappa shape index (κ3) is 6.22. The number of allylic oxidation sites excluding steroid dienone is 1. The molecule has 48 heavy (non-hydrogen) atoms. The molecule has 0 amide bonds. The van der Waals surface area contributed by atoms with E-state index in [0.29, 0.717) is 42.5 Å². The first-order chi connectivity index (χ1) is 23.2. The summed E-state index contributed by atoms with van der Waals surface area (Å²) >= 11 is 0. The topological polar surface area (TPSA) is 122 Å². The number of aliphatic hydroxyl groups is 2. The first-order valence-electron chi connectivity index (χ1n) is 16.0. The fourth-order valence-electron chi connectivity index (χ4n) is 6.57. The number of hydrogen-bond donors (Lipinski definition) is 3. The van der Waals surface area contributed by atoms with E-state index in [4.69, 9.17) is 14.2 Å². The van der Waals surface area contributed by atoms with E-state index in [1.807, 2.05) is 61.5 Å². The van der Waals surface area contributed by atoms with Crippen LogP contribution < -0.4 is 25.2 Å². The van der Waals surface area contributed by atoms with Crippen LogP contribution in [-0.2, 0) is 23.8 Å². The molecule has 10 nitrogen and oxygen atoms in total. The lowest BCUT2D eigenvalue weighted by Crippen LogP contribution is -2.20. The van der Waals surface area contributed by atoms with Crippen LogP contribution in [0, 0.1) is 5.92 Å². The molecule has 4 aromatic rings. The van der Waals surface area contributed by atoms with Crippen molar-refractivity contribution in [2.45, 2.75) is 18.4 Å².